The van der Waals surface area contributed by atoms with Crippen molar-refractivity contribution in [3.05, 3.63) is 65.5 Å². The van der Waals surface area contributed by atoms with Gasteiger partial charge in [0.05, 0.1) is 12.0 Å². The number of furan rings is 1. The van der Waals surface area contributed by atoms with E-state index in [1.807, 2.05) is 24.3 Å². The van der Waals surface area contributed by atoms with Gasteiger partial charge < -0.3 is 4.42 Å². The number of aldehydes is 1. The molecule has 0 saturated carbocycles. The summed E-state index contributed by atoms with van der Waals surface area (Å²) in [5.74, 6) is 0. The van der Waals surface area contributed by atoms with Crippen LogP contribution in [0.4, 0.5) is 0 Å². The van der Waals surface area contributed by atoms with E-state index >= 15 is 0 Å². The number of hydrogen-bond donors (Lipinski definition) is 0. The fourth-order valence-corrected chi connectivity index (χ4v) is 4.63. The first-order chi connectivity index (χ1) is 11.6. The van der Waals surface area contributed by atoms with Crippen molar-refractivity contribution < 1.29 is 17.6 Å². The van der Waals surface area contributed by atoms with Crippen LogP contribution in [0.5, 0.6) is 0 Å². The topological polar surface area (TPSA) is 69.3 Å². The molecule has 0 atom stereocenters. The van der Waals surface area contributed by atoms with E-state index in [4.69, 9.17) is 4.42 Å². The Balaban J connectivity index is 2.06. The van der Waals surface area contributed by atoms with Crippen molar-refractivity contribution in [1.29, 1.82) is 0 Å². The predicted octanol–water partition coefficient (Wildman–Crippen LogP) is 3.29. The van der Waals surface area contributed by atoms with Gasteiger partial charge in [-0.3, -0.25) is 4.79 Å². The number of carbonyl (C=O) groups excluding carboxylic acids is 1. The van der Waals surface area contributed by atoms with E-state index in [1.165, 1.54) is 28.6 Å². The van der Waals surface area contributed by atoms with Crippen molar-refractivity contribution in [1.82, 2.24) is 3.97 Å². The first-order valence-electron chi connectivity index (χ1n) is 7.69. The molecule has 5 nitrogen and oxygen atoms in total. The molecule has 3 aromatic rings. The lowest BCUT2D eigenvalue weighted by Crippen LogP contribution is -2.13. The maximum absolute atomic E-state index is 13.0. The third kappa shape index (κ3) is 2.14. The summed E-state index contributed by atoms with van der Waals surface area (Å²) in [6.45, 7) is 0. The maximum atomic E-state index is 13.0. The number of aryl methyl sites for hydroxylation is 1. The molecule has 6 heteroatoms. The van der Waals surface area contributed by atoms with E-state index < -0.39 is 10.0 Å². The average molecular weight is 341 g/mol. The first-order valence-corrected chi connectivity index (χ1v) is 9.13. The molecular formula is C18H15NO4S. The molecule has 4 rings (SSSR count). The molecule has 0 bridgehead atoms. The van der Waals surface area contributed by atoms with E-state index in [1.54, 1.807) is 0 Å². The highest BCUT2D eigenvalue weighted by molar-refractivity contribution is 7.89. The van der Waals surface area contributed by atoms with Gasteiger partial charge in [0.1, 0.15) is 0 Å². The summed E-state index contributed by atoms with van der Waals surface area (Å²) in [6.07, 6.45) is 5.83. The molecule has 1 aliphatic carbocycles. The third-order valence-electron chi connectivity index (χ3n) is 4.39. The highest BCUT2D eigenvalue weighted by Gasteiger charge is 2.29. The van der Waals surface area contributed by atoms with Gasteiger partial charge in [-0.2, -0.15) is 8.42 Å². The van der Waals surface area contributed by atoms with Crippen molar-refractivity contribution in [3.63, 3.8) is 0 Å². The van der Waals surface area contributed by atoms with Gasteiger partial charge in [-0.25, -0.2) is 3.97 Å². The zero-order valence-corrected chi connectivity index (χ0v) is 13.6. The van der Waals surface area contributed by atoms with Crippen LogP contribution >= 0.6 is 0 Å². The zero-order valence-electron chi connectivity index (χ0n) is 12.8. The van der Waals surface area contributed by atoms with Gasteiger partial charge in [0.25, 0.3) is 0 Å². The Bertz CT molecular complexity index is 1010. The molecule has 0 fully saturated rings. The average Bonchev–Trinajstić information content (AvgIpc) is 3.20. The molecule has 0 N–H and O–H groups in total. The van der Waals surface area contributed by atoms with Gasteiger partial charge in [-0.15, -0.1) is 0 Å². The zero-order chi connectivity index (χ0) is 16.7. The largest absolute Gasteiger partial charge is 0.451 e. The number of fused-ring (bicyclic) bond motifs is 3. The number of hydrogen-bond acceptors (Lipinski definition) is 4. The molecule has 24 heavy (non-hydrogen) atoms. The minimum atomic E-state index is -3.89. The van der Waals surface area contributed by atoms with Crippen LogP contribution in [0.3, 0.4) is 0 Å². The second kappa shape index (κ2) is 5.49. The van der Waals surface area contributed by atoms with Crippen molar-refractivity contribution in [3.8, 4) is 11.3 Å². The van der Waals surface area contributed by atoms with Gasteiger partial charge in [0.15, 0.2) is 6.29 Å². The standard InChI is InChI=1S/C18H15NO4S/c20-12-14-11-19(24(21,22)17-9-4-10-23-17)18-15-7-2-1-5-13(15)6-3-8-16(14)18/h1-2,4-5,7,9-12H,3,6,8H2. The van der Waals surface area contributed by atoms with Crippen LogP contribution in [-0.2, 0) is 22.9 Å². The molecule has 2 heterocycles. The number of rotatable bonds is 3. The van der Waals surface area contributed by atoms with E-state index in [-0.39, 0.29) is 5.09 Å². The van der Waals surface area contributed by atoms with Crippen LogP contribution in [0.15, 0.2) is 58.4 Å². The van der Waals surface area contributed by atoms with Crippen LogP contribution in [0.2, 0.25) is 0 Å². The van der Waals surface area contributed by atoms with Gasteiger partial charge in [-0.1, -0.05) is 24.3 Å². The predicted molar refractivity (Wildman–Crippen MR) is 88.6 cm³/mol. The lowest BCUT2D eigenvalue weighted by Gasteiger charge is -2.12. The minimum absolute atomic E-state index is 0.139. The number of nitrogens with zero attached hydrogens (tertiary/aromatic N) is 1. The summed E-state index contributed by atoms with van der Waals surface area (Å²) in [6, 6.07) is 10.7. The summed E-state index contributed by atoms with van der Waals surface area (Å²) in [5, 5.41) is -0.139. The molecule has 0 amide bonds. The maximum Gasteiger partial charge on any atom is 0.301 e. The molecule has 0 aliphatic heterocycles. The van der Waals surface area contributed by atoms with Crippen LogP contribution in [0.1, 0.15) is 27.9 Å². The molecule has 0 unspecified atom stereocenters. The second-order valence-corrected chi connectivity index (χ2v) is 7.52. The van der Waals surface area contributed by atoms with Gasteiger partial charge in [0.2, 0.25) is 5.09 Å². The van der Waals surface area contributed by atoms with E-state index in [0.717, 1.165) is 35.8 Å². The van der Waals surface area contributed by atoms with Gasteiger partial charge in [-0.05, 0) is 42.5 Å². The number of carbonyl (C=O) groups is 1. The fraction of sp³-hybridized carbons (Fsp3) is 0.167. The highest BCUT2D eigenvalue weighted by atomic mass is 32.2. The van der Waals surface area contributed by atoms with Gasteiger partial charge in [0, 0.05) is 17.3 Å². The molecule has 122 valence electrons. The Kier molecular flexibility index (Phi) is 3.42. The summed E-state index contributed by atoms with van der Waals surface area (Å²) < 4.78 is 32.2. The van der Waals surface area contributed by atoms with Crippen molar-refractivity contribution in [2.45, 2.75) is 24.4 Å². The molecular weight excluding hydrogens is 326 g/mol. The molecule has 0 spiro atoms. The molecule has 2 aromatic heterocycles. The number of benzene rings is 1. The third-order valence-corrected chi connectivity index (χ3v) is 5.94. The van der Waals surface area contributed by atoms with Crippen LogP contribution < -0.4 is 0 Å². The van der Waals surface area contributed by atoms with E-state index in [9.17, 15) is 13.2 Å². The SMILES string of the molecule is O=Cc1cn(S(=O)(=O)c2ccco2)c2c1CCCc1ccccc1-2. The number of aromatic nitrogens is 1. The quantitative estimate of drug-likeness (QED) is 0.686. The smallest absolute Gasteiger partial charge is 0.301 e. The molecule has 1 aromatic carbocycles. The van der Waals surface area contributed by atoms with E-state index in [2.05, 4.69) is 0 Å². The second-order valence-electron chi connectivity index (χ2n) is 5.77. The first kappa shape index (κ1) is 15.0. The summed E-state index contributed by atoms with van der Waals surface area (Å²) >= 11 is 0. The minimum Gasteiger partial charge on any atom is -0.451 e. The van der Waals surface area contributed by atoms with Gasteiger partial charge >= 0.3 is 10.0 Å². The van der Waals surface area contributed by atoms with Crippen molar-refractivity contribution >= 4 is 16.3 Å². The van der Waals surface area contributed by atoms with Crippen LogP contribution in [-0.4, -0.2) is 18.7 Å². The fourth-order valence-electron chi connectivity index (χ4n) is 3.31. The molecule has 0 radical (unpaired) electrons. The molecule has 1 aliphatic rings. The van der Waals surface area contributed by atoms with Crippen molar-refractivity contribution in [2.24, 2.45) is 0 Å². The summed E-state index contributed by atoms with van der Waals surface area (Å²) in [5.41, 5.74) is 3.71. The molecule has 0 saturated heterocycles. The van der Waals surface area contributed by atoms with E-state index in [0.29, 0.717) is 17.7 Å². The normalized spacial score (nSPS) is 13.8. The Morgan fingerprint density at radius 2 is 1.92 bits per heavy atom. The Morgan fingerprint density at radius 1 is 1.08 bits per heavy atom. The highest BCUT2D eigenvalue weighted by Crippen LogP contribution is 2.37. The van der Waals surface area contributed by atoms with Crippen LogP contribution in [0.25, 0.3) is 11.3 Å². The van der Waals surface area contributed by atoms with Crippen molar-refractivity contribution in [2.75, 3.05) is 0 Å². The summed E-state index contributed by atoms with van der Waals surface area (Å²) in [4.78, 5) is 11.5. The van der Waals surface area contributed by atoms with Crippen LogP contribution in [0, 0.1) is 0 Å². The Hall–Kier alpha value is -2.60. The Labute approximate surface area is 139 Å². The lowest BCUT2D eigenvalue weighted by molar-refractivity contribution is 0.112. The lowest BCUT2D eigenvalue weighted by atomic mass is 10.0. The Morgan fingerprint density at radius 3 is 2.67 bits per heavy atom. The monoisotopic (exact) mass is 341 g/mol. The summed E-state index contributed by atoms with van der Waals surface area (Å²) in [7, 11) is -3.89.